The SMILES string of the molecule is C=CCC([NH3+])(Cl)CC=C.[CH3-]. The highest BCUT2D eigenvalue weighted by molar-refractivity contribution is 6.22. The molecule has 0 aliphatic heterocycles. The summed E-state index contributed by atoms with van der Waals surface area (Å²) in [5.74, 6) is 0. The fraction of sp³-hybridized carbons (Fsp3) is 0.375. The predicted molar refractivity (Wildman–Crippen MR) is 47.5 cm³/mol. The van der Waals surface area contributed by atoms with Crippen molar-refractivity contribution in [3.63, 3.8) is 0 Å². The highest BCUT2D eigenvalue weighted by Crippen LogP contribution is 2.14. The molecular formula is C8H16ClN. The first kappa shape index (κ1) is 12.4. The van der Waals surface area contributed by atoms with Gasteiger partial charge >= 0.3 is 0 Å². The summed E-state index contributed by atoms with van der Waals surface area (Å²) in [6, 6.07) is 0. The van der Waals surface area contributed by atoms with Gasteiger partial charge in [0, 0.05) is 12.8 Å². The molecule has 0 aromatic rings. The fourth-order valence-electron chi connectivity index (χ4n) is 0.601. The highest BCUT2D eigenvalue weighted by atomic mass is 35.5. The molecule has 0 heterocycles. The summed E-state index contributed by atoms with van der Waals surface area (Å²) in [4.78, 5) is -0.413. The maximum atomic E-state index is 5.88. The molecule has 60 valence electrons. The third-order valence-electron chi connectivity index (χ3n) is 1.02. The van der Waals surface area contributed by atoms with E-state index in [4.69, 9.17) is 11.6 Å². The topological polar surface area (TPSA) is 27.6 Å². The Morgan fingerprint density at radius 1 is 1.30 bits per heavy atom. The van der Waals surface area contributed by atoms with Crippen LogP contribution in [-0.4, -0.2) is 5.00 Å². The Morgan fingerprint density at radius 2 is 1.60 bits per heavy atom. The Hall–Kier alpha value is -0.270. The van der Waals surface area contributed by atoms with Crippen LogP contribution in [0.15, 0.2) is 25.3 Å². The van der Waals surface area contributed by atoms with Crippen molar-refractivity contribution >= 4 is 11.6 Å². The van der Waals surface area contributed by atoms with Crippen molar-refractivity contribution in [3.8, 4) is 0 Å². The Bertz CT molecular complexity index is 95.8. The van der Waals surface area contributed by atoms with Gasteiger partial charge in [-0.25, -0.2) is 0 Å². The van der Waals surface area contributed by atoms with Crippen molar-refractivity contribution in [2.24, 2.45) is 0 Å². The van der Waals surface area contributed by atoms with Crippen molar-refractivity contribution in [3.05, 3.63) is 32.7 Å². The lowest BCUT2D eigenvalue weighted by Crippen LogP contribution is -2.68. The zero-order valence-corrected chi connectivity index (χ0v) is 7.32. The standard InChI is InChI=1S/C7H12ClN.CH3/c1-3-5-7(8,9)6-4-2;/h3-4H,1-2,5-6,9H2;1H3/q;-1/p+1. The van der Waals surface area contributed by atoms with Gasteiger partial charge in [0.25, 0.3) is 0 Å². The predicted octanol–water partition coefficient (Wildman–Crippen LogP) is 1.77. The summed E-state index contributed by atoms with van der Waals surface area (Å²) in [6.07, 6.45) is 4.98. The first-order valence-electron chi connectivity index (χ1n) is 2.88. The number of alkyl halides is 1. The monoisotopic (exact) mass is 161 g/mol. The average Bonchev–Trinajstić information content (AvgIpc) is 1.64. The Kier molecular flexibility index (Phi) is 6.84. The maximum Gasteiger partial charge on any atom is 0.177 e. The van der Waals surface area contributed by atoms with Crippen LogP contribution >= 0.6 is 11.6 Å². The number of hydrogen-bond donors (Lipinski definition) is 1. The van der Waals surface area contributed by atoms with E-state index >= 15 is 0 Å². The molecule has 0 amide bonds. The smallest absolute Gasteiger partial charge is 0.177 e. The van der Waals surface area contributed by atoms with Crippen LogP contribution in [0.25, 0.3) is 0 Å². The zero-order chi connectivity index (χ0) is 7.33. The summed E-state index contributed by atoms with van der Waals surface area (Å²) in [7, 11) is 0. The number of hydrogen-bond acceptors (Lipinski definition) is 0. The van der Waals surface area contributed by atoms with Crippen LogP contribution in [0.3, 0.4) is 0 Å². The van der Waals surface area contributed by atoms with Crippen molar-refractivity contribution in [1.29, 1.82) is 0 Å². The van der Waals surface area contributed by atoms with E-state index < -0.39 is 5.00 Å². The molecule has 0 unspecified atom stereocenters. The minimum absolute atomic E-state index is 0. The molecule has 0 radical (unpaired) electrons. The number of rotatable bonds is 4. The van der Waals surface area contributed by atoms with Crippen LogP contribution in [0.4, 0.5) is 0 Å². The van der Waals surface area contributed by atoms with Gasteiger partial charge in [0.1, 0.15) is 0 Å². The lowest BCUT2D eigenvalue weighted by atomic mass is 10.1. The number of halogens is 1. The molecule has 0 saturated heterocycles. The van der Waals surface area contributed by atoms with Gasteiger partial charge in [0.15, 0.2) is 5.00 Å². The van der Waals surface area contributed by atoms with Crippen LogP contribution < -0.4 is 5.73 Å². The van der Waals surface area contributed by atoms with E-state index in [0.29, 0.717) is 0 Å². The van der Waals surface area contributed by atoms with Crippen molar-refractivity contribution in [2.75, 3.05) is 0 Å². The molecule has 0 atom stereocenters. The van der Waals surface area contributed by atoms with Gasteiger partial charge in [-0.15, -0.1) is 13.2 Å². The van der Waals surface area contributed by atoms with Gasteiger partial charge < -0.3 is 13.2 Å². The molecular weight excluding hydrogens is 146 g/mol. The van der Waals surface area contributed by atoms with Crippen LogP contribution in [0.1, 0.15) is 12.8 Å². The second-order valence-electron chi connectivity index (χ2n) is 2.14. The Balaban J connectivity index is 0. The lowest BCUT2D eigenvalue weighted by Gasteiger charge is -2.12. The van der Waals surface area contributed by atoms with E-state index in [2.05, 4.69) is 18.9 Å². The van der Waals surface area contributed by atoms with E-state index in [1.165, 1.54) is 0 Å². The first-order chi connectivity index (χ1) is 4.12. The molecule has 1 nitrogen and oxygen atoms in total. The van der Waals surface area contributed by atoms with E-state index in [-0.39, 0.29) is 7.43 Å². The van der Waals surface area contributed by atoms with Crippen molar-refractivity contribution in [1.82, 2.24) is 0 Å². The van der Waals surface area contributed by atoms with Gasteiger partial charge in [-0.3, -0.25) is 0 Å². The minimum atomic E-state index is -0.413. The molecule has 3 N–H and O–H groups in total. The van der Waals surface area contributed by atoms with Gasteiger partial charge in [0.05, 0.1) is 0 Å². The van der Waals surface area contributed by atoms with E-state index in [0.717, 1.165) is 12.8 Å². The van der Waals surface area contributed by atoms with Gasteiger partial charge in [-0.2, -0.15) is 0 Å². The van der Waals surface area contributed by atoms with Crippen LogP contribution in [0, 0.1) is 7.43 Å². The maximum absolute atomic E-state index is 5.88. The Morgan fingerprint density at radius 3 is 1.80 bits per heavy atom. The molecule has 0 saturated carbocycles. The highest BCUT2D eigenvalue weighted by Gasteiger charge is 2.20. The van der Waals surface area contributed by atoms with Crippen LogP contribution in [0.5, 0.6) is 0 Å². The third-order valence-corrected chi connectivity index (χ3v) is 1.33. The summed E-state index contributed by atoms with van der Waals surface area (Å²) in [6.45, 7) is 7.14. The Labute approximate surface area is 68.6 Å². The molecule has 0 aliphatic rings. The molecule has 0 bridgehead atoms. The summed E-state index contributed by atoms with van der Waals surface area (Å²) < 4.78 is 0. The van der Waals surface area contributed by atoms with E-state index in [1.807, 2.05) is 0 Å². The van der Waals surface area contributed by atoms with E-state index in [9.17, 15) is 0 Å². The fourth-order valence-corrected chi connectivity index (χ4v) is 0.819. The molecule has 0 rings (SSSR count). The second kappa shape index (κ2) is 5.51. The molecule has 0 fully saturated rings. The zero-order valence-electron chi connectivity index (χ0n) is 6.57. The largest absolute Gasteiger partial charge is 0.358 e. The third kappa shape index (κ3) is 5.86. The lowest BCUT2D eigenvalue weighted by molar-refractivity contribution is -0.440. The molecule has 2 heteroatoms. The normalized spacial score (nSPS) is 9.80. The first-order valence-corrected chi connectivity index (χ1v) is 3.26. The van der Waals surface area contributed by atoms with Crippen LogP contribution in [-0.2, 0) is 0 Å². The van der Waals surface area contributed by atoms with Crippen molar-refractivity contribution in [2.45, 2.75) is 17.8 Å². The summed E-state index contributed by atoms with van der Waals surface area (Å²) in [5.41, 5.74) is 3.77. The molecule has 0 spiro atoms. The van der Waals surface area contributed by atoms with Gasteiger partial charge in [-0.1, -0.05) is 23.8 Å². The minimum Gasteiger partial charge on any atom is -0.358 e. The van der Waals surface area contributed by atoms with E-state index in [1.54, 1.807) is 12.2 Å². The molecule has 0 aliphatic carbocycles. The molecule has 10 heavy (non-hydrogen) atoms. The molecule has 0 aromatic heterocycles. The number of quaternary nitrogens is 1. The van der Waals surface area contributed by atoms with Crippen molar-refractivity contribution < 1.29 is 5.73 Å². The summed E-state index contributed by atoms with van der Waals surface area (Å²) in [5, 5.41) is 0. The second-order valence-corrected chi connectivity index (χ2v) is 2.94. The van der Waals surface area contributed by atoms with Crippen LogP contribution in [0.2, 0.25) is 0 Å². The van der Waals surface area contributed by atoms with Gasteiger partial charge in [0.2, 0.25) is 0 Å². The summed E-state index contributed by atoms with van der Waals surface area (Å²) >= 11 is 5.88. The quantitative estimate of drug-likeness (QED) is 0.282. The average molecular weight is 162 g/mol. The molecule has 0 aromatic carbocycles. The van der Waals surface area contributed by atoms with Gasteiger partial charge in [-0.05, 0) is 0 Å².